The number of aromatic nitrogens is 2. The van der Waals surface area contributed by atoms with Gasteiger partial charge in [0.1, 0.15) is 0 Å². The van der Waals surface area contributed by atoms with Gasteiger partial charge in [0.2, 0.25) is 11.8 Å². The molecule has 1 aromatic rings. The van der Waals surface area contributed by atoms with Gasteiger partial charge in [-0.2, -0.15) is 4.98 Å². The van der Waals surface area contributed by atoms with E-state index in [4.69, 9.17) is 9.84 Å². The average Bonchev–Trinajstić information content (AvgIpc) is 2.37. The van der Waals surface area contributed by atoms with Crippen molar-refractivity contribution in [2.45, 2.75) is 52.1 Å². The molecule has 6 heteroatoms. The van der Waals surface area contributed by atoms with E-state index in [0.29, 0.717) is 11.8 Å². The van der Waals surface area contributed by atoms with Gasteiger partial charge in [0, 0.05) is 25.2 Å². The molecule has 1 heterocycles. The van der Waals surface area contributed by atoms with E-state index in [9.17, 15) is 4.79 Å². The van der Waals surface area contributed by atoms with Crippen LogP contribution >= 0.6 is 0 Å². The first kappa shape index (κ1) is 16.2. The predicted octanol–water partition coefficient (Wildman–Crippen LogP) is 2.71. The van der Waals surface area contributed by atoms with Crippen LogP contribution in [0.15, 0.2) is 12.3 Å². The summed E-state index contributed by atoms with van der Waals surface area (Å²) >= 11 is 0. The maximum atomic E-state index is 10.3. The summed E-state index contributed by atoms with van der Waals surface area (Å²) in [6, 6.07) is 1.73. The van der Waals surface area contributed by atoms with Crippen molar-refractivity contribution >= 4 is 11.9 Å². The van der Waals surface area contributed by atoms with Crippen molar-refractivity contribution in [1.82, 2.24) is 9.97 Å². The lowest BCUT2D eigenvalue weighted by molar-refractivity contribution is -0.137. The van der Waals surface area contributed by atoms with Crippen LogP contribution in [0, 0.1) is 0 Å². The van der Waals surface area contributed by atoms with E-state index < -0.39 is 5.97 Å². The fourth-order valence-electron chi connectivity index (χ4n) is 1.69. The number of ether oxygens (including phenoxy) is 1. The molecule has 0 aliphatic carbocycles. The summed E-state index contributed by atoms with van der Waals surface area (Å²) < 4.78 is 5.49. The molecule has 0 aliphatic rings. The van der Waals surface area contributed by atoms with Crippen LogP contribution in [0.4, 0.5) is 5.95 Å². The molecular formula is C14H23N3O3. The number of unbranched alkanes of at least 4 members (excludes halogenated alkanes) is 3. The molecule has 0 bridgehead atoms. The lowest BCUT2D eigenvalue weighted by atomic mass is 10.1. The molecule has 20 heavy (non-hydrogen) atoms. The summed E-state index contributed by atoms with van der Waals surface area (Å²) in [5.74, 6) is 0.408. The normalized spacial score (nSPS) is 10.6. The third kappa shape index (κ3) is 7.56. The molecule has 6 nitrogen and oxygen atoms in total. The largest absolute Gasteiger partial charge is 0.481 e. The summed E-state index contributed by atoms with van der Waals surface area (Å²) in [4.78, 5) is 18.7. The molecule has 0 saturated carbocycles. The highest BCUT2D eigenvalue weighted by atomic mass is 16.5. The summed E-state index contributed by atoms with van der Waals surface area (Å²) in [5.41, 5.74) is 0. The second-order valence-corrected chi connectivity index (χ2v) is 4.87. The molecule has 0 fully saturated rings. The second-order valence-electron chi connectivity index (χ2n) is 4.87. The Bertz CT molecular complexity index is 410. The van der Waals surface area contributed by atoms with Gasteiger partial charge in [-0.25, -0.2) is 4.98 Å². The van der Waals surface area contributed by atoms with Crippen LogP contribution in [-0.2, 0) is 4.79 Å². The van der Waals surface area contributed by atoms with Crippen molar-refractivity contribution in [3.05, 3.63) is 12.3 Å². The molecular weight excluding hydrogens is 258 g/mol. The summed E-state index contributed by atoms with van der Waals surface area (Å²) in [6.07, 6.45) is 5.66. The number of anilines is 1. The van der Waals surface area contributed by atoms with Crippen LogP contribution in [0.25, 0.3) is 0 Å². The van der Waals surface area contributed by atoms with E-state index in [2.05, 4.69) is 15.3 Å². The fraction of sp³-hybridized carbons (Fsp3) is 0.643. The minimum absolute atomic E-state index is 0.0898. The quantitative estimate of drug-likeness (QED) is 0.641. The highest BCUT2D eigenvalue weighted by Gasteiger charge is 2.02. The molecule has 0 aliphatic heterocycles. The van der Waals surface area contributed by atoms with Crippen LogP contribution in [0.5, 0.6) is 5.88 Å². The van der Waals surface area contributed by atoms with E-state index >= 15 is 0 Å². The van der Waals surface area contributed by atoms with Crippen LogP contribution in [0.2, 0.25) is 0 Å². The number of carboxylic acid groups (broad SMARTS) is 1. The number of hydrogen-bond acceptors (Lipinski definition) is 5. The van der Waals surface area contributed by atoms with E-state index in [1.54, 1.807) is 12.3 Å². The van der Waals surface area contributed by atoms with Crippen molar-refractivity contribution < 1.29 is 14.6 Å². The highest BCUT2D eigenvalue weighted by Crippen LogP contribution is 2.10. The molecule has 0 atom stereocenters. The van der Waals surface area contributed by atoms with Gasteiger partial charge < -0.3 is 15.2 Å². The van der Waals surface area contributed by atoms with Crippen LogP contribution in [-0.4, -0.2) is 33.7 Å². The van der Waals surface area contributed by atoms with E-state index in [1.165, 1.54) is 0 Å². The first-order chi connectivity index (χ1) is 9.58. The molecule has 0 aromatic carbocycles. The Balaban J connectivity index is 2.17. The van der Waals surface area contributed by atoms with Gasteiger partial charge in [0.15, 0.2) is 0 Å². The highest BCUT2D eigenvalue weighted by molar-refractivity contribution is 5.66. The number of nitrogens with one attached hydrogen (secondary N) is 1. The average molecular weight is 281 g/mol. The van der Waals surface area contributed by atoms with Gasteiger partial charge in [-0.3, -0.25) is 4.79 Å². The standard InChI is InChI=1S/C14H23N3O3/c1-11(2)20-12-8-10-16-14(17-12)15-9-6-4-3-5-7-13(18)19/h8,10-11H,3-7,9H2,1-2H3,(H,18,19)(H,15,16,17). The predicted molar refractivity (Wildman–Crippen MR) is 77.0 cm³/mol. The Morgan fingerprint density at radius 2 is 2.10 bits per heavy atom. The van der Waals surface area contributed by atoms with Gasteiger partial charge >= 0.3 is 5.97 Å². The monoisotopic (exact) mass is 281 g/mol. The van der Waals surface area contributed by atoms with Crippen molar-refractivity contribution in [3.63, 3.8) is 0 Å². The number of rotatable bonds is 10. The zero-order chi connectivity index (χ0) is 14.8. The molecule has 112 valence electrons. The van der Waals surface area contributed by atoms with E-state index in [0.717, 1.165) is 32.2 Å². The smallest absolute Gasteiger partial charge is 0.303 e. The lowest BCUT2D eigenvalue weighted by Crippen LogP contribution is -2.10. The number of carbonyl (C=O) groups is 1. The van der Waals surface area contributed by atoms with Gasteiger partial charge in [-0.15, -0.1) is 0 Å². The van der Waals surface area contributed by atoms with Crippen molar-refractivity contribution in [1.29, 1.82) is 0 Å². The van der Waals surface area contributed by atoms with Crippen LogP contribution in [0.3, 0.4) is 0 Å². The number of hydrogen-bond donors (Lipinski definition) is 2. The molecule has 0 radical (unpaired) electrons. The molecule has 1 rings (SSSR count). The first-order valence-electron chi connectivity index (χ1n) is 7.03. The van der Waals surface area contributed by atoms with Gasteiger partial charge in [-0.05, 0) is 26.7 Å². The molecule has 0 saturated heterocycles. The topological polar surface area (TPSA) is 84.3 Å². The van der Waals surface area contributed by atoms with Crippen LogP contribution < -0.4 is 10.1 Å². The van der Waals surface area contributed by atoms with Gasteiger partial charge in [0.25, 0.3) is 0 Å². The Hall–Kier alpha value is -1.85. The fourth-order valence-corrected chi connectivity index (χ4v) is 1.69. The minimum Gasteiger partial charge on any atom is -0.481 e. The third-order valence-corrected chi connectivity index (χ3v) is 2.59. The zero-order valence-electron chi connectivity index (χ0n) is 12.1. The summed E-state index contributed by atoms with van der Waals surface area (Å²) in [6.45, 7) is 4.68. The van der Waals surface area contributed by atoms with Gasteiger partial charge in [0.05, 0.1) is 6.10 Å². The van der Waals surface area contributed by atoms with Crippen LogP contribution in [0.1, 0.15) is 46.0 Å². The molecule has 0 unspecified atom stereocenters. The second kappa shape index (κ2) is 9.12. The van der Waals surface area contributed by atoms with E-state index in [1.807, 2.05) is 13.8 Å². The lowest BCUT2D eigenvalue weighted by Gasteiger charge is -2.10. The Labute approximate surface area is 119 Å². The van der Waals surface area contributed by atoms with Crippen molar-refractivity contribution in [3.8, 4) is 5.88 Å². The number of carboxylic acids is 1. The third-order valence-electron chi connectivity index (χ3n) is 2.59. The maximum absolute atomic E-state index is 10.3. The Morgan fingerprint density at radius 1 is 1.35 bits per heavy atom. The van der Waals surface area contributed by atoms with E-state index in [-0.39, 0.29) is 12.5 Å². The minimum atomic E-state index is -0.724. The van der Waals surface area contributed by atoms with Gasteiger partial charge in [-0.1, -0.05) is 12.8 Å². The zero-order valence-corrected chi connectivity index (χ0v) is 12.1. The first-order valence-corrected chi connectivity index (χ1v) is 7.03. The number of aliphatic carboxylic acids is 1. The van der Waals surface area contributed by atoms with Crippen molar-refractivity contribution in [2.24, 2.45) is 0 Å². The molecule has 0 amide bonds. The molecule has 0 spiro atoms. The SMILES string of the molecule is CC(C)Oc1ccnc(NCCCCCCC(=O)O)n1. The number of nitrogens with zero attached hydrogens (tertiary/aromatic N) is 2. The Morgan fingerprint density at radius 3 is 2.80 bits per heavy atom. The molecule has 1 aromatic heterocycles. The molecule has 2 N–H and O–H groups in total. The summed E-state index contributed by atoms with van der Waals surface area (Å²) in [7, 11) is 0. The maximum Gasteiger partial charge on any atom is 0.303 e. The van der Waals surface area contributed by atoms with Crippen molar-refractivity contribution in [2.75, 3.05) is 11.9 Å². The summed E-state index contributed by atoms with van der Waals surface area (Å²) in [5, 5.41) is 11.7. The Kier molecular flexibility index (Phi) is 7.39.